The molecule has 0 aliphatic carbocycles. The fourth-order valence-corrected chi connectivity index (χ4v) is 1.20. The van der Waals surface area contributed by atoms with E-state index in [9.17, 15) is 4.39 Å². The van der Waals surface area contributed by atoms with Crippen molar-refractivity contribution >= 4 is 21.7 Å². The SMILES string of the molecule is CC(C)(C)CNc1ncc(Br)cc1F. The number of nitrogens with zero attached hydrogens (tertiary/aromatic N) is 1. The quantitative estimate of drug-likeness (QED) is 0.882. The monoisotopic (exact) mass is 260 g/mol. The predicted molar refractivity (Wildman–Crippen MR) is 59.8 cm³/mol. The fourth-order valence-electron chi connectivity index (χ4n) is 0.894. The molecule has 1 aromatic heterocycles. The van der Waals surface area contributed by atoms with Gasteiger partial charge < -0.3 is 5.32 Å². The van der Waals surface area contributed by atoms with Gasteiger partial charge in [-0.1, -0.05) is 20.8 Å². The van der Waals surface area contributed by atoms with E-state index in [0.717, 1.165) is 0 Å². The Morgan fingerprint density at radius 3 is 2.64 bits per heavy atom. The molecule has 0 amide bonds. The molecule has 0 unspecified atom stereocenters. The Morgan fingerprint density at radius 2 is 2.14 bits per heavy atom. The highest BCUT2D eigenvalue weighted by Crippen LogP contribution is 2.18. The predicted octanol–water partition coefficient (Wildman–Crippen LogP) is 3.44. The van der Waals surface area contributed by atoms with E-state index in [-0.39, 0.29) is 11.2 Å². The van der Waals surface area contributed by atoms with E-state index in [1.807, 2.05) is 0 Å². The number of pyridine rings is 1. The van der Waals surface area contributed by atoms with Gasteiger partial charge >= 0.3 is 0 Å². The minimum absolute atomic E-state index is 0.112. The van der Waals surface area contributed by atoms with Crippen LogP contribution in [0.4, 0.5) is 10.2 Å². The highest BCUT2D eigenvalue weighted by Gasteiger charge is 2.11. The third kappa shape index (κ3) is 3.62. The van der Waals surface area contributed by atoms with Crippen molar-refractivity contribution in [3.05, 3.63) is 22.6 Å². The van der Waals surface area contributed by atoms with Gasteiger partial charge in [-0.3, -0.25) is 0 Å². The van der Waals surface area contributed by atoms with Crippen LogP contribution >= 0.6 is 15.9 Å². The summed E-state index contributed by atoms with van der Waals surface area (Å²) >= 11 is 3.16. The van der Waals surface area contributed by atoms with Gasteiger partial charge in [0.2, 0.25) is 0 Å². The number of halogens is 2. The smallest absolute Gasteiger partial charge is 0.166 e. The molecule has 0 aliphatic rings. The molecule has 4 heteroatoms. The molecule has 14 heavy (non-hydrogen) atoms. The third-order valence-electron chi connectivity index (χ3n) is 1.59. The second-order valence-electron chi connectivity index (χ2n) is 4.40. The lowest BCUT2D eigenvalue weighted by molar-refractivity contribution is 0.441. The van der Waals surface area contributed by atoms with Crippen molar-refractivity contribution in [3.8, 4) is 0 Å². The fraction of sp³-hybridized carbons (Fsp3) is 0.500. The van der Waals surface area contributed by atoms with Gasteiger partial charge in [0.15, 0.2) is 11.6 Å². The number of anilines is 1. The Labute approximate surface area is 92.1 Å². The average Bonchev–Trinajstić information content (AvgIpc) is 2.00. The first-order chi connectivity index (χ1) is 6.38. The van der Waals surface area contributed by atoms with Crippen LogP contribution in [0.15, 0.2) is 16.7 Å². The highest BCUT2D eigenvalue weighted by atomic mass is 79.9. The summed E-state index contributed by atoms with van der Waals surface area (Å²) in [6, 6.07) is 1.40. The summed E-state index contributed by atoms with van der Waals surface area (Å²) in [6.07, 6.45) is 1.58. The lowest BCUT2D eigenvalue weighted by atomic mass is 9.97. The van der Waals surface area contributed by atoms with Crippen LogP contribution < -0.4 is 5.32 Å². The summed E-state index contributed by atoms with van der Waals surface area (Å²) in [6.45, 7) is 6.93. The molecule has 1 aromatic rings. The number of hydrogen-bond donors (Lipinski definition) is 1. The van der Waals surface area contributed by atoms with Crippen LogP contribution in [-0.4, -0.2) is 11.5 Å². The zero-order chi connectivity index (χ0) is 10.8. The van der Waals surface area contributed by atoms with Gasteiger partial charge in [0.1, 0.15) is 0 Å². The normalized spacial score (nSPS) is 11.5. The first-order valence-electron chi connectivity index (χ1n) is 4.43. The maximum atomic E-state index is 13.3. The van der Waals surface area contributed by atoms with Gasteiger partial charge in [0.25, 0.3) is 0 Å². The van der Waals surface area contributed by atoms with Crippen molar-refractivity contribution in [3.63, 3.8) is 0 Å². The molecule has 0 radical (unpaired) electrons. The molecule has 0 bridgehead atoms. The number of nitrogens with one attached hydrogen (secondary N) is 1. The molecule has 0 aliphatic heterocycles. The first-order valence-corrected chi connectivity index (χ1v) is 5.23. The molecule has 1 rings (SSSR count). The standard InChI is InChI=1S/C10H14BrFN2/c1-10(2,3)6-14-9-8(12)4-7(11)5-13-9/h4-5H,6H2,1-3H3,(H,13,14). The van der Waals surface area contributed by atoms with E-state index in [1.54, 1.807) is 6.20 Å². The molecular formula is C10H14BrFN2. The van der Waals surface area contributed by atoms with Crippen LogP contribution in [-0.2, 0) is 0 Å². The van der Waals surface area contributed by atoms with E-state index in [4.69, 9.17) is 0 Å². The van der Waals surface area contributed by atoms with Crippen molar-refractivity contribution in [1.82, 2.24) is 4.98 Å². The molecule has 1 N–H and O–H groups in total. The summed E-state index contributed by atoms with van der Waals surface area (Å²) in [5.74, 6) is -0.0215. The number of hydrogen-bond acceptors (Lipinski definition) is 2. The van der Waals surface area contributed by atoms with Crippen LogP contribution in [0.3, 0.4) is 0 Å². The van der Waals surface area contributed by atoms with Crippen LogP contribution in [0.5, 0.6) is 0 Å². The van der Waals surface area contributed by atoms with Crippen LogP contribution in [0.2, 0.25) is 0 Å². The average molecular weight is 261 g/mol. The van der Waals surface area contributed by atoms with Crippen molar-refractivity contribution < 1.29 is 4.39 Å². The van der Waals surface area contributed by atoms with Gasteiger partial charge in [0, 0.05) is 17.2 Å². The second-order valence-corrected chi connectivity index (χ2v) is 5.31. The minimum Gasteiger partial charge on any atom is -0.367 e. The largest absolute Gasteiger partial charge is 0.367 e. The van der Waals surface area contributed by atoms with E-state index in [0.29, 0.717) is 16.8 Å². The topological polar surface area (TPSA) is 24.9 Å². The van der Waals surface area contributed by atoms with Gasteiger partial charge in [-0.15, -0.1) is 0 Å². The molecule has 0 saturated carbocycles. The van der Waals surface area contributed by atoms with Crippen molar-refractivity contribution in [2.24, 2.45) is 5.41 Å². The van der Waals surface area contributed by atoms with Crippen molar-refractivity contribution in [2.75, 3.05) is 11.9 Å². The van der Waals surface area contributed by atoms with Gasteiger partial charge in [-0.05, 0) is 27.4 Å². The Balaban J connectivity index is 2.68. The maximum absolute atomic E-state index is 13.3. The highest BCUT2D eigenvalue weighted by molar-refractivity contribution is 9.10. The van der Waals surface area contributed by atoms with Crippen molar-refractivity contribution in [1.29, 1.82) is 0 Å². The zero-order valence-electron chi connectivity index (χ0n) is 8.56. The Kier molecular flexibility index (Phi) is 3.48. The van der Waals surface area contributed by atoms with Crippen LogP contribution in [0.25, 0.3) is 0 Å². The van der Waals surface area contributed by atoms with E-state index in [2.05, 4.69) is 47.0 Å². The minimum atomic E-state index is -0.330. The van der Waals surface area contributed by atoms with Gasteiger partial charge in [-0.2, -0.15) is 0 Å². The first kappa shape index (κ1) is 11.4. The molecule has 78 valence electrons. The Morgan fingerprint density at radius 1 is 1.50 bits per heavy atom. The molecular weight excluding hydrogens is 247 g/mol. The summed E-state index contributed by atoms with van der Waals surface area (Å²) in [7, 11) is 0. The second kappa shape index (κ2) is 4.26. The van der Waals surface area contributed by atoms with Crippen molar-refractivity contribution in [2.45, 2.75) is 20.8 Å². The Bertz CT molecular complexity index is 320. The third-order valence-corrected chi connectivity index (χ3v) is 2.03. The van der Waals surface area contributed by atoms with Crippen LogP contribution in [0, 0.1) is 11.2 Å². The Hall–Kier alpha value is -0.640. The molecule has 0 saturated heterocycles. The van der Waals surface area contributed by atoms with E-state index >= 15 is 0 Å². The molecule has 1 heterocycles. The summed E-state index contributed by atoms with van der Waals surface area (Å²) in [5, 5.41) is 2.97. The molecule has 0 fully saturated rings. The van der Waals surface area contributed by atoms with Crippen LogP contribution in [0.1, 0.15) is 20.8 Å². The van der Waals surface area contributed by atoms with E-state index < -0.39 is 0 Å². The number of aromatic nitrogens is 1. The lowest BCUT2D eigenvalue weighted by Crippen LogP contribution is -2.20. The van der Waals surface area contributed by atoms with Gasteiger partial charge in [-0.25, -0.2) is 9.37 Å². The summed E-state index contributed by atoms with van der Waals surface area (Å²) < 4.78 is 13.9. The molecule has 0 aromatic carbocycles. The maximum Gasteiger partial charge on any atom is 0.166 e. The lowest BCUT2D eigenvalue weighted by Gasteiger charge is -2.19. The van der Waals surface area contributed by atoms with Gasteiger partial charge in [0.05, 0.1) is 0 Å². The summed E-state index contributed by atoms with van der Waals surface area (Å²) in [5.41, 5.74) is 0.112. The zero-order valence-corrected chi connectivity index (χ0v) is 10.2. The summed E-state index contributed by atoms with van der Waals surface area (Å²) in [4.78, 5) is 3.95. The number of rotatable bonds is 2. The molecule has 0 atom stereocenters. The molecule has 0 spiro atoms. The van der Waals surface area contributed by atoms with E-state index in [1.165, 1.54) is 6.07 Å². The molecule has 2 nitrogen and oxygen atoms in total.